The van der Waals surface area contributed by atoms with Gasteiger partial charge in [0.1, 0.15) is 12.7 Å². The van der Waals surface area contributed by atoms with Crippen molar-refractivity contribution in [3.63, 3.8) is 0 Å². The smallest absolute Gasteiger partial charge is 0.248 e. The van der Waals surface area contributed by atoms with Crippen LogP contribution in [0.25, 0.3) is 6.08 Å². The van der Waals surface area contributed by atoms with Crippen molar-refractivity contribution in [1.82, 2.24) is 14.8 Å². The minimum Gasteiger partial charge on any atom is -0.322 e. The lowest BCUT2D eigenvalue weighted by Gasteiger charge is -2.09. The summed E-state index contributed by atoms with van der Waals surface area (Å²) in [5.74, 6) is -0.198. The fourth-order valence-corrected chi connectivity index (χ4v) is 2.32. The lowest BCUT2D eigenvalue weighted by Crippen LogP contribution is -2.11. The number of hydrogen-bond donors (Lipinski definition) is 1. The van der Waals surface area contributed by atoms with Crippen LogP contribution in [0.3, 0.4) is 0 Å². The zero-order chi connectivity index (χ0) is 16.8. The molecule has 3 aromatic rings. The normalized spacial score (nSPS) is 10.9. The number of aromatic nitrogens is 3. The second kappa shape index (κ2) is 7.57. The molecule has 5 nitrogen and oxygen atoms in total. The summed E-state index contributed by atoms with van der Waals surface area (Å²) in [5, 5.41) is 7.64. The highest BCUT2D eigenvalue weighted by Gasteiger charge is 2.05. The molecule has 0 bridgehead atoms. The summed E-state index contributed by atoms with van der Waals surface area (Å²) in [5.41, 5.74) is 2.61. The summed E-state index contributed by atoms with van der Waals surface area (Å²) < 4.78 is 1.70. The van der Waals surface area contributed by atoms with Crippen LogP contribution in [0.15, 0.2) is 67.3 Å². The number of amides is 1. The van der Waals surface area contributed by atoms with Crippen molar-refractivity contribution in [2.24, 2.45) is 0 Å². The maximum Gasteiger partial charge on any atom is 0.248 e. The average Bonchev–Trinajstić information content (AvgIpc) is 3.09. The Balaban J connectivity index is 1.69. The van der Waals surface area contributed by atoms with E-state index in [1.165, 1.54) is 12.4 Å². The van der Waals surface area contributed by atoms with E-state index < -0.39 is 0 Å². The largest absolute Gasteiger partial charge is 0.322 e. The van der Waals surface area contributed by atoms with Crippen molar-refractivity contribution in [3.8, 4) is 0 Å². The molecule has 24 heavy (non-hydrogen) atoms. The van der Waals surface area contributed by atoms with E-state index in [0.29, 0.717) is 11.6 Å². The Labute approximate surface area is 144 Å². The zero-order valence-corrected chi connectivity index (χ0v) is 13.5. The van der Waals surface area contributed by atoms with E-state index in [0.717, 1.165) is 16.8 Å². The number of carbonyl (C=O) groups is 1. The Hall–Kier alpha value is -2.92. The summed E-state index contributed by atoms with van der Waals surface area (Å²) in [6.45, 7) is 0.539. The molecule has 0 radical (unpaired) electrons. The highest BCUT2D eigenvalue weighted by molar-refractivity contribution is 6.30. The number of benzene rings is 2. The Kier molecular flexibility index (Phi) is 5.03. The summed E-state index contributed by atoms with van der Waals surface area (Å²) in [6.07, 6.45) is 6.36. The Morgan fingerprint density at radius 3 is 2.71 bits per heavy atom. The second-order valence-electron chi connectivity index (χ2n) is 5.12. The Morgan fingerprint density at radius 1 is 1.17 bits per heavy atom. The summed E-state index contributed by atoms with van der Waals surface area (Å²) >= 11 is 5.84. The summed E-state index contributed by atoms with van der Waals surface area (Å²) in [4.78, 5) is 16.1. The molecule has 0 aliphatic carbocycles. The van der Waals surface area contributed by atoms with Gasteiger partial charge in [-0.1, -0.05) is 41.9 Å². The first-order chi connectivity index (χ1) is 11.7. The molecule has 0 saturated heterocycles. The molecular weight excluding hydrogens is 324 g/mol. The number of rotatable bonds is 5. The number of para-hydroxylation sites is 1. The van der Waals surface area contributed by atoms with E-state index in [2.05, 4.69) is 15.4 Å². The number of hydrogen-bond acceptors (Lipinski definition) is 3. The minimum atomic E-state index is -0.198. The van der Waals surface area contributed by atoms with Crippen molar-refractivity contribution in [3.05, 3.63) is 83.4 Å². The molecule has 0 saturated carbocycles. The molecule has 0 unspecified atom stereocenters. The third kappa shape index (κ3) is 4.30. The molecule has 6 heteroatoms. The molecule has 0 atom stereocenters. The zero-order valence-electron chi connectivity index (χ0n) is 12.8. The van der Waals surface area contributed by atoms with Gasteiger partial charge in [-0.3, -0.25) is 4.79 Å². The molecule has 0 fully saturated rings. The Morgan fingerprint density at radius 2 is 1.96 bits per heavy atom. The summed E-state index contributed by atoms with van der Waals surface area (Å²) in [6, 6.07) is 14.9. The molecule has 0 aliphatic heterocycles. The molecule has 0 spiro atoms. The fourth-order valence-electron chi connectivity index (χ4n) is 2.19. The molecule has 1 aromatic heterocycles. The van der Waals surface area contributed by atoms with Crippen molar-refractivity contribution in [1.29, 1.82) is 0 Å². The number of carbonyl (C=O) groups excluding carboxylic acids is 1. The van der Waals surface area contributed by atoms with Crippen LogP contribution < -0.4 is 5.32 Å². The first kappa shape index (κ1) is 16.0. The van der Waals surface area contributed by atoms with E-state index in [1.54, 1.807) is 29.2 Å². The molecule has 2 aromatic carbocycles. The van der Waals surface area contributed by atoms with Crippen molar-refractivity contribution < 1.29 is 4.79 Å². The van der Waals surface area contributed by atoms with Crippen molar-refractivity contribution in [2.45, 2.75) is 6.54 Å². The molecule has 3 rings (SSSR count). The van der Waals surface area contributed by atoms with Crippen LogP contribution in [-0.4, -0.2) is 20.7 Å². The fraction of sp³-hybridized carbons (Fsp3) is 0.0556. The topological polar surface area (TPSA) is 59.8 Å². The number of nitrogens with one attached hydrogen (secondary N) is 1. The number of anilines is 1. The van der Waals surface area contributed by atoms with Gasteiger partial charge in [0.05, 0.1) is 6.54 Å². The van der Waals surface area contributed by atoms with Crippen LogP contribution in [0.1, 0.15) is 11.1 Å². The number of halogens is 1. The lowest BCUT2D eigenvalue weighted by atomic mass is 10.1. The monoisotopic (exact) mass is 338 g/mol. The molecule has 1 heterocycles. The van der Waals surface area contributed by atoms with Crippen LogP contribution in [0, 0.1) is 0 Å². The standard InChI is InChI=1S/C18H15ClN4O/c19-16-8-5-14(6-9-16)7-10-18(24)22-17-4-2-1-3-15(17)11-23-13-20-12-21-23/h1-10,12-13H,11H2,(H,22,24). The van der Waals surface area contributed by atoms with Crippen LogP contribution in [0.5, 0.6) is 0 Å². The van der Waals surface area contributed by atoms with Gasteiger partial charge in [0.2, 0.25) is 5.91 Å². The highest BCUT2D eigenvalue weighted by Crippen LogP contribution is 2.16. The lowest BCUT2D eigenvalue weighted by molar-refractivity contribution is -0.111. The minimum absolute atomic E-state index is 0.198. The third-order valence-corrected chi connectivity index (χ3v) is 3.62. The van der Waals surface area contributed by atoms with Gasteiger partial charge in [0.25, 0.3) is 0 Å². The summed E-state index contributed by atoms with van der Waals surface area (Å²) in [7, 11) is 0. The highest BCUT2D eigenvalue weighted by atomic mass is 35.5. The third-order valence-electron chi connectivity index (χ3n) is 3.37. The van der Waals surface area contributed by atoms with Gasteiger partial charge in [0.15, 0.2) is 0 Å². The van der Waals surface area contributed by atoms with Crippen LogP contribution in [0.4, 0.5) is 5.69 Å². The first-order valence-corrected chi connectivity index (χ1v) is 7.73. The van der Waals surface area contributed by atoms with Gasteiger partial charge in [-0.25, -0.2) is 9.67 Å². The van der Waals surface area contributed by atoms with Gasteiger partial charge in [0, 0.05) is 16.8 Å². The van der Waals surface area contributed by atoms with Crippen molar-refractivity contribution >= 4 is 29.3 Å². The maximum absolute atomic E-state index is 12.1. The van der Waals surface area contributed by atoms with E-state index in [1.807, 2.05) is 36.4 Å². The average molecular weight is 339 g/mol. The predicted octanol–water partition coefficient (Wildman–Crippen LogP) is 3.63. The van der Waals surface area contributed by atoms with E-state index in [4.69, 9.17) is 11.6 Å². The van der Waals surface area contributed by atoms with E-state index >= 15 is 0 Å². The molecule has 120 valence electrons. The van der Waals surface area contributed by atoms with E-state index in [-0.39, 0.29) is 5.91 Å². The van der Waals surface area contributed by atoms with Crippen molar-refractivity contribution in [2.75, 3.05) is 5.32 Å². The predicted molar refractivity (Wildman–Crippen MR) is 94.7 cm³/mol. The number of nitrogens with zero attached hydrogens (tertiary/aromatic N) is 3. The first-order valence-electron chi connectivity index (χ1n) is 7.36. The second-order valence-corrected chi connectivity index (χ2v) is 5.56. The van der Waals surface area contributed by atoms with Gasteiger partial charge in [-0.15, -0.1) is 0 Å². The van der Waals surface area contributed by atoms with Gasteiger partial charge in [-0.05, 0) is 35.4 Å². The SMILES string of the molecule is O=C(C=Cc1ccc(Cl)cc1)Nc1ccccc1Cn1cncn1. The molecule has 1 N–H and O–H groups in total. The van der Waals surface area contributed by atoms with E-state index in [9.17, 15) is 4.79 Å². The van der Waals surface area contributed by atoms with Crippen LogP contribution in [0.2, 0.25) is 5.02 Å². The van der Waals surface area contributed by atoms with Gasteiger partial charge < -0.3 is 5.32 Å². The van der Waals surface area contributed by atoms with Crippen LogP contribution >= 0.6 is 11.6 Å². The molecule has 1 amide bonds. The quantitative estimate of drug-likeness (QED) is 0.723. The molecular formula is C18H15ClN4O. The maximum atomic E-state index is 12.1. The Bertz CT molecular complexity index is 842. The molecule has 0 aliphatic rings. The van der Waals surface area contributed by atoms with Gasteiger partial charge in [-0.2, -0.15) is 5.10 Å². The van der Waals surface area contributed by atoms with Gasteiger partial charge >= 0.3 is 0 Å². The van der Waals surface area contributed by atoms with Crippen LogP contribution in [-0.2, 0) is 11.3 Å².